The number of benzene rings is 1. The first-order valence-electron chi connectivity index (χ1n) is 19.4. The first-order valence-corrected chi connectivity index (χ1v) is 19.4. The molecule has 55 heavy (non-hydrogen) atoms. The topological polar surface area (TPSA) is 122 Å². The molecule has 1 aromatic carbocycles. The second-order valence-electron chi connectivity index (χ2n) is 16.5. The van der Waals surface area contributed by atoms with Crippen molar-refractivity contribution < 1.29 is 24.2 Å². The molecule has 0 amide bonds. The van der Waals surface area contributed by atoms with Crippen LogP contribution in [0.4, 0.5) is 0 Å². The Labute approximate surface area is 324 Å². The molecule has 2 N–H and O–H groups in total. The molecule has 1 aromatic rings. The van der Waals surface area contributed by atoms with E-state index in [1.54, 1.807) is 0 Å². The third-order valence-electron chi connectivity index (χ3n) is 11.5. The molecule has 1 fully saturated rings. The van der Waals surface area contributed by atoms with Crippen LogP contribution in [-0.2, 0) is 14.3 Å². The van der Waals surface area contributed by atoms with Gasteiger partial charge in [0.05, 0.1) is 46.9 Å². The van der Waals surface area contributed by atoms with Gasteiger partial charge in [-0.2, -0.15) is 0 Å². The van der Waals surface area contributed by atoms with Crippen molar-refractivity contribution in [2.45, 2.75) is 101 Å². The highest BCUT2D eigenvalue weighted by Crippen LogP contribution is 2.49. The van der Waals surface area contributed by atoms with Crippen molar-refractivity contribution in [1.29, 1.82) is 0 Å². The van der Waals surface area contributed by atoms with E-state index in [9.17, 15) is 14.7 Å². The van der Waals surface area contributed by atoms with E-state index >= 15 is 0 Å². The quantitative estimate of drug-likeness (QED) is 0.269. The Hall–Kier alpha value is -5.31. The number of methoxy groups -OCH3 is 1. The summed E-state index contributed by atoms with van der Waals surface area (Å²) >= 11 is 0. The standard InChI is InChI=1S/C46H52N4O5/c1-12-29-23(4)32-21-35-38(22(2)3)26(7)42(49-35)40(27-13-15-28(16-14-27)45(53)55-46(8,9)10)41-24(5)30(17-18-37(52)54-11)43(50-41)31-19-36(51)39-25(6)33(48-44(31)39)20-34(29)47-32/h13-16,20-22,24,30,50-51H,12,17-19H2,1-11H3/t24-,30-/m0/s1. The fourth-order valence-electron chi connectivity index (χ4n) is 8.79. The summed E-state index contributed by atoms with van der Waals surface area (Å²) in [5.41, 5.74) is 15.7. The Morgan fingerprint density at radius 3 is 2.27 bits per heavy atom. The van der Waals surface area contributed by atoms with Crippen molar-refractivity contribution >= 4 is 34.6 Å². The molecular weight excluding hydrogens is 689 g/mol. The number of fused-ring (bicyclic) bond motifs is 5. The van der Waals surface area contributed by atoms with Gasteiger partial charge in [-0.05, 0) is 118 Å². The maximum Gasteiger partial charge on any atom is 0.338 e. The van der Waals surface area contributed by atoms with Crippen molar-refractivity contribution in [1.82, 2.24) is 5.32 Å². The molecule has 2 atom stereocenters. The number of aliphatic hydroxyl groups excluding tert-OH is 1. The van der Waals surface area contributed by atoms with Crippen LogP contribution in [0.1, 0.15) is 111 Å². The van der Waals surface area contributed by atoms with E-state index in [0.717, 1.165) is 102 Å². The van der Waals surface area contributed by atoms with Gasteiger partial charge in [0.15, 0.2) is 0 Å². The van der Waals surface area contributed by atoms with Crippen LogP contribution >= 0.6 is 0 Å². The van der Waals surface area contributed by atoms with Gasteiger partial charge in [-0.15, -0.1) is 0 Å². The Bertz CT molecular complexity index is 2290. The molecule has 5 heterocycles. The van der Waals surface area contributed by atoms with Gasteiger partial charge in [0.1, 0.15) is 11.4 Å². The molecule has 6 aliphatic rings. The summed E-state index contributed by atoms with van der Waals surface area (Å²) in [5, 5.41) is 15.4. The normalized spacial score (nSPS) is 22.1. The lowest BCUT2D eigenvalue weighted by atomic mass is 9.83. The first kappa shape index (κ1) is 38.0. The summed E-state index contributed by atoms with van der Waals surface area (Å²) in [6.45, 7) is 20.6. The van der Waals surface area contributed by atoms with Gasteiger partial charge in [-0.25, -0.2) is 19.8 Å². The lowest BCUT2D eigenvalue weighted by molar-refractivity contribution is -0.140. The van der Waals surface area contributed by atoms with Crippen molar-refractivity contribution in [3.63, 3.8) is 0 Å². The van der Waals surface area contributed by atoms with Crippen LogP contribution < -0.4 is 5.32 Å². The fraction of sp³-hybridized carbons (Fsp3) is 0.413. The van der Waals surface area contributed by atoms with Crippen molar-refractivity contribution in [3.8, 4) is 0 Å². The number of nitrogens with one attached hydrogen (secondary N) is 1. The van der Waals surface area contributed by atoms with Gasteiger partial charge >= 0.3 is 11.9 Å². The summed E-state index contributed by atoms with van der Waals surface area (Å²) in [4.78, 5) is 41.6. The van der Waals surface area contributed by atoms with E-state index in [1.807, 2.05) is 52.0 Å². The summed E-state index contributed by atoms with van der Waals surface area (Å²) in [7, 11) is 1.42. The minimum absolute atomic E-state index is 0.0871. The third-order valence-corrected chi connectivity index (χ3v) is 11.5. The van der Waals surface area contributed by atoms with E-state index in [0.29, 0.717) is 18.4 Å². The van der Waals surface area contributed by atoms with Crippen LogP contribution in [0, 0.1) is 17.8 Å². The number of aliphatic imine (C=N–C) groups is 3. The Morgan fingerprint density at radius 2 is 1.64 bits per heavy atom. The van der Waals surface area contributed by atoms with E-state index in [4.69, 9.17) is 24.5 Å². The Morgan fingerprint density at radius 1 is 0.927 bits per heavy atom. The second-order valence-corrected chi connectivity index (χ2v) is 16.5. The summed E-state index contributed by atoms with van der Waals surface area (Å²) < 4.78 is 10.8. The Balaban J connectivity index is 1.52. The van der Waals surface area contributed by atoms with Crippen LogP contribution in [-0.4, -0.2) is 46.9 Å². The molecule has 0 radical (unpaired) electrons. The van der Waals surface area contributed by atoms with Crippen LogP contribution in [0.2, 0.25) is 0 Å². The van der Waals surface area contributed by atoms with Crippen molar-refractivity contribution in [2.24, 2.45) is 32.7 Å². The van der Waals surface area contributed by atoms with Gasteiger partial charge in [-0.3, -0.25) is 4.79 Å². The molecule has 286 valence electrons. The smallest absolute Gasteiger partial charge is 0.338 e. The van der Waals surface area contributed by atoms with E-state index in [2.05, 4.69) is 59.0 Å². The minimum Gasteiger partial charge on any atom is -0.511 e. The lowest BCUT2D eigenvalue weighted by Gasteiger charge is -2.20. The van der Waals surface area contributed by atoms with Gasteiger partial charge < -0.3 is 19.9 Å². The molecule has 1 aliphatic carbocycles. The zero-order valence-electron chi connectivity index (χ0n) is 33.9. The number of esters is 2. The van der Waals surface area contributed by atoms with Crippen molar-refractivity contribution in [2.75, 3.05) is 7.11 Å². The second kappa shape index (κ2) is 14.1. The molecule has 5 aliphatic heterocycles. The molecule has 0 unspecified atom stereocenters. The summed E-state index contributed by atoms with van der Waals surface area (Å²) in [6, 6.07) is 7.56. The highest BCUT2D eigenvalue weighted by atomic mass is 16.6. The van der Waals surface area contributed by atoms with Crippen LogP contribution in [0.3, 0.4) is 0 Å². The highest BCUT2D eigenvalue weighted by molar-refractivity contribution is 6.34. The first-order chi connectivity index (χ1) is 26.0. The number of ether oxygens (including phenoxy) is 2. The van der Waals surface area contributed by atoms with Crippen LogP contribution in [0.25, 0.3) is 5.57 Å². The number of hydrogen-bond acceptors (Lipinski definition) is 9. The molecule has 9 nitrogen and oxygen atoms in total. The number of aliphatic hydroxyl groups is 1. The number of hydrogen-bond donors (Lipinski definition) is 2. The van der Waals surface area contributed by atoms with Crippen LogP contribution in [0.5, 0.6) is 0 Å². The molecule has 9 heteroatoms. The highest BCUT2D eigenvalue weighted by Gasteiger charge is 2.43. The Kier molecular flexibility index (Phi) is 9.72. The number of carbonyl (C=O) groups is 2. The number of carbonyl (C=O) groups excluding carboxylic acids is 2. The fourth-order valence-corrected chi connectivity index (χ4v) is 8.79. The van der Waals surface area contributed by atoms with Gasteiger partial charge in [-0.1, -0.05) is 39.8 Å². The zero-order chi connectivity index (χ0) is 39.7. The third kappa shape index (κ3) is 6.61. The average molecular weight is 741 g/mol. The number of rotatable bonds is 7. The summed E-state index contributed by atoms with van der Waals surface area (Å²) in [5.74, 6) is -0.398. The minimum atomic E-state index is -0.625. The summed E-state index contributed by atoms with van der Waals surface area (Å²) in [6.07, 6.45) is 6.08. The number of nitrogens with zero attached hydrogens (tertiary/aromatic N) is 3. The monoisotopic (exact) mass is 740 g/mol. The predicted molar refractivity (Wildman–Crippen MR) is 219 cm³/mol. The van der Waals surface area contributed by atoms with E-state index < -0.39 is 5.60 Å². The molecule has 1 saturated heterocycles. The van der Waals surface area contributed by atoms with E-state index in [-0.39, 0.29) is 41.9 Å². The van der Waals surface area contributed by atoms with Crippen molar-refractivity contribution in [3.05, 3.63) is 121 Å². The average Bonchev–Trinajstić information content (AvgIpc) is 3.89. The van der Waals surface area contributed by atoms with Gasteiger partial charge in [0.2, 0.25) is 0 Å². The van der Waals surface area contributed by atoms with E-state index in [1.165, 1.54) is 7.11 Å². The predicted octanol–water partition coefficient (Wildman–Crippen LogP) is 9.75. The molecule has 0 aromatic heterocycles. The zero-order valence-corrected chi connectivity index (χ0v) is 33.9. The maximum absolute atomic E-state index is 13.1. The largest absolute Gasteiger partial charge is 0.511 e. The molecular formula is C46H52N4O5. The van der Waals surface area contributed by atoms with Gasteiger partial charge in [0, 0.05) is 52.8 Å². The van der Waals surface area contributed by atoms with Crippen LogP contribution in [0.15, 0.2) is 125 Å². The lowest BCUT2D eigenvalue weighted by Crippen LogP contribution is -2.23. The molecule has 0 saturated carbocycles. The molecule has 7 rings (SSSR count). The number of allylic oxidation sites excluding steroid dienone is 12. The SMILES string of the molecule is CCC1=C(C)C2=NC1=CC1=C(C)C3=C(O)CC(=C4NC(=C(c5ccc(C(=O)OC(C)(C)C)cc5)C5=NC(=C2)C(C(C)C)=C5C)[C@@H](C)[C@@H]4CCC(=O)OC)C3=N1. The molecule has 0 spiro atoms. The maximum atomic E-state index is 13.1. The van der Waals surface area contributed by atoms with Gasteiger partial charge in [0.25, 0.3) is 0 Å². The molecule has 8 bridgehead atoms.